The number of aliphatic imine (C=N–C) groups is 1. The zero-order valence-electron chi connectivity index (χ0n) is 13.7. The van der Waals surface area contributed by atoms with E-state index < -0.39 is 0 Å². The van der Waals surface area contributed by atoms with Crippen LogP contribution in [0.2, 0.25) is 0 Å². The van der Waals surface area contributed by atoms with Crippen molar-refractivity contribution in [2.45, 2.75) is 58.8 Å². The topological polar surface area (TPSA) is 44.7 Å². The van der Waals surface area contributed by atoms with Gasteiger partial charge in [0.15, 0.2) is 5.17 Å². The maximum atomic E-state index is 12.3. The van der Waals surface area contributed by atoms with E-state index in [1.807, 2.05) is 6.92 Å². The standard InChI is InChI=1S/C16H27N3OS.ClH/c1-3-4-5-6-7-8-10-17-15(20)14-13(2)19-12-9-11-18-16(19)21-14;/h3-12H2,1-2H3,(H,17,20);1H. The van der Waals surface area contributed by atoms with Gasteiger partial charge in [0.2, 0.25) is 0 Å². The van der Waals surface area contributed by atoms with Gasteiger partial charge in [0.25, 0.3) is 5.91 Å². The number of thioether (sulfide) groups is 1. The summed E-state index contributed by atoms with van der Waals surface area (Å²) in [6, 6.07) is 0. The summed E-state index contributed by atoms with van der Waals surface area (Å²) in [5.74, 6) is 0.0724. The maximum Gasteiger partial charge on any atom is 0.259 e. The van der Waals surface area contributed by atoms with Crippen LogP contribution in [0.3, 0.4) is 0 Å². The maximum absolute atomic E-state index is 12.3. The molecule has 0 bridgehead atoms. The minimum Gasteiger partial charge on any atom is -0.352 e. The molecule has 1 N–H and O–H groups in total. The predicted octanol–water partition coefficient (Wildman–Crippen LogP) is 3.92. The normalized spacial score (nSPS) is 17.0. The fourth-order valence-electron chi connectivity index (χ4n) is 2.67. The molecule has 4 nitrogen and oxygen atoms in total. The SMILES string of the molecule is CCCCCCCCNC(=O)C1=C(C)N2CCCN=C2S1.Cl. The monoisotopic (exact) mass is 345 g/mol. The molecule has 0 aromatic carbocycles. The van der Waals surface area contributed by atoms with E-state index in [0.717, 1.165) is 48.2 Å². The van der Waals surface area contributed by atoms with Gasteiger partial charge in [0, 0.05) is 25.3 Å². The molecule has 22 heavy (non-hydrogen) atoms. The molecule has 0 aliphatic carbocycles. The number of amides is 1. The molecule has 0 aromatic rings. The lowest BCUT2D eigenvalue weighted by molar-refractivity contribution is -0.116. The second-order valence-electron chi connectivity index (χ2n) is 5.71. The first-order chi connectivity index (χ1) is 10.2. The summed E-state index contributed by atoms with van der Waals surface area (Å²) in [5, 5.41) is 4.06. The van der Waals surface area contributed by atoms with E-state index in [1.165, 1.54) is 43.9 Å². The van der Waals surface area contributed by atoms with Crippen molar-refractivity contribution in [3.8, 4) is 0 Å². The molecule has 2 heterocycles. The molecule has 2 rings (SSSR count). The summed E-state index contributed by atoms with van der Waals surface area (Å²) in [4.78, 5) is 19.8. The Hall–Kier alpha value is -0.680. The number of hydrogen-bond acceptors (Lipinski definition) is 4. The Morgan fingerprint density at radius 3 is 2.73 bits per heavy atom. The lowest BCUT2D eigenvalue weighted by Crippen LogP contribution is -2.29. The highest BCUT2D eigenvalue weighted by molar-refractivity contribution is 8.18. The van der Waals surface area contributed by atoms with Gasteiger partial charge in [0.1, 0.15) is 0 Å². The van der Waals surface area contributed by atoms with Gasteiger partial charge in [-0.05, 0) is 31.5 Å². The first-order valence-electron chi connectivity index (χ1n) is 8.23. The quantitative estimate of drug-likeness (QED) is 0.678. The van der Waals surface area contributed by atoms with Gasteiger partial charge < -0.3 is 10.2 Å². The summed E-state index contributed by atoms with van der Waals surface area (Å²) in [7, 11) is 0. The Morgan fingerprint density at radius 2 is 2.00 bits per heavy atom. The molecule has 6 heteroatoms. The first-order valence-corrected chi connectivity index (χ1v) is 9.04. The van der Waals surface area contributed by atoms with E-state index in [-0.39, 0.29) is 18.3 Å². The number of amidine groups is 1. The van der Waals surface area contributed by atoms with E-state index in [1.54, 1.807) is 0 Å². The smallest absolute Gasteiger partial charge is 0.259 e. The molecule has 0 radical (unpaired) electrons. The van der Waals surface area contributed by atoms with Crippen molar-refractivity contribution in [2.75, 3.05) is 19.6 Å². The average molecular weight is 346 g/mol. The summed E-state index contributed by atoms with van der Waals surface area (Å²) in [5.41, 5.74) is 1.07. The van der Waals surface area contributed by atoms with Gasteiger partial charge >= 0.3 is 0 Å². The minimum atomic E-state index is 0. The Balaban J connectivity index is 0.00000242. The van der Waals surface area contributed by atoms with Gasteiger partial charge in [-0.2, -0.15) is 0 Å². The number of hydrogen-bond donors (Lipinski definition) is 1. The largest absolute Gasteiger partial charge is 0.352 e. The number of nitrogens with zero attached hydrogens (tertiary/aromatic N) is 2. The minimum absolute atomic E-state index is 0. The highest BCUT2D eigenvalue weighted by atomic mass is 35.5. The number of nitrogens with one attached hydrogen (secondary N) is 1. The van der Waals surface area contributed by atoms with E-state index in [9.17, 15) is 4.79 Å². The van der Waals surface area contributed by atoms with Crippen LogP contribution in [0.25, 0.3) is 0 Å². The number of carbonyl (C=O) groups is 1. The summed E-state index contributed by atoms with van der Waals surface area (Å²) >= 11 is 1.53. The summed E-state index contributed by atoms with van der Waals surface area (Å²) in [6.07, 6.45) is 8.58. The van der Waals surface area contributed by atoms with Crippen molar-refractivity contribution in [3.05, 3.63) is 10.6 Å². The van der Waals surface area contributed by atoms with Gasteiger partial charge in [0.05, 0.1) is 4.91 Å². The number of carbonyl (C=O) groups excluding carboxylic acids is 1. The van der Waals surface area contributed by atoms with E-state index in [2.05, 4.69) is 22.1 Å². The van der Waals surface area contributed by atoms with Crippen LogP contribution in [0.15, 0.2) is 15.6 Å². The molecular formula is C16H28ClN3OS. The van der Waals surface area contributed by atoms with Crippen LogP contribution in [0.4, 0.5) is 0 Å². The number of halogens is 1. The number of unbranched alkanes of at least 4 members (excludes halogenated alkanes) is 5. The van der Waals surface area contributed by atoms with Gasteiger partial charge in [-0.25, -0.2) is 0 Å². The Kier molecular flexibility index (Phi) is 8.95. The molecule has 1 amide bonds. The van der Waals surface area contributed by atoms with Crippen LogP contribution in [0.1, 0.15) is 58.8 Å². The molecular weight excluding hydrogens is 318 g/mol. The number of fused-ring (bicyclic) bond motifs is 1. The third kappa shape index (κ3) is 5.20. The third-order valence-electron chi connectivity index (χ3n) is 3.97. The van der Waals surface area contributed by atoms with Crippen molar-refractivity contribution in [2.24, 2.45) is 4.99 Å². The molecule has 0 saturated carbocycles. The molecule has 0 aromatic heterocycles. The van der Waals surface area contributed by atoms with E-state index in [0.29, 0.717) is 0 Å². The Bertz CT molecular complexity index is 437. The second kappa shape index (κ2) is 10.2. The van der Waals surface area contributed by atoms with Crippen molar-refractivity contribution in [1.82, 2.24) is 10.2 Å². The molecule has 126 valence electrons. The molecule has 0 spiro atoms. The molecule has 0 saturated heterocycles. The third-order valence-corrected chi connectivity index (χ3v) is 5.18. The van der Waals surface area contributed by atoms with Gasteiger partial charge in [-0.1, -0.05) is 39.0 Å². The van der Waals surface area contributed by atoms with Crippen LogP contribution >= 0.6 is 24.2 Å². The average Bonchev–Trinajstić information content (AvgIpc) is 2.84. The zero-order valence-corrected chi connectivity index (χ0v) is 15.3. The second-order valence-corrected chi connectivity index (χ2v) is 6.69. The molecule has 0 fully saturated rings. The van der Waals surface area contributed by atoms with Crippen LogP contribution in [0.5, 0.6) is 0 Å². The molecule has 2 aliphatic heterocycles. The lowest BCUT2D eigenvalue weighted by Gasteiger charge is -2.23. The molecule has 0 unspecified atom stereocenters. The van der Waals surface area contributed by atoms with E-state index in [4.69, 9.17) is 0 Å². The number of allylic oxidation sites excluding steroid dienone is 1. The van der Waals surface area contributed by atoms with Crippen molar-refractivity contribution < 1.29 is 4.79 Å². The number of rotatable bonds is 8. The van der Waals surface area contributed by atoms with Crippen LogP contribution < -0.4 is 5.32 Å². The lowest BCUT2D eigenvalue weighted by atomic mass is 10.1. The predicted molar refractivity (Wildman–Crippen MR) is 97.5 cm³/mol. The van der Waals surface area contributed by atoms with Gasteiger partial charge in [-0.3, -0.25) is 9.79 Å². The zero-order chi connectivity index (χ0) is 15.1. The Morgan fingerprint density at radius 1 is 1.27 bits per heavy atom. The van der Waals surface area contributed by atoms with Crippen molar-refractivity contribution >= 4 is 35.2 Å². The van der Waals surface area contributed by atoms with Gasteiger partial charge in [-0.15, -0.1) is 12.4 Å². The fraction of sp³-hybridized carbons (Fsp3) is 0.750. The van der Waals surface area contributed by atoms with Crippen molar-refractivity contribution in [1.29, 1.82) is 0 Å². The summed E-state index contributed by atoms with van der Waals surface area (Å²) < 4.78 is 0. The fourth-order valence-corrected chi connectivity index (χ4v) is 3.77. The van der Waals surface area contributed by atoms with Crippen molar-refractivity contribution in [3.63, 3.8) is 0 Å². The first kappa shape index (κ1) is 19.4. The highest BCUT2D eigenvalue weighted by Gasteiger charge is 2.31. The molecule has 2 aliphatic rings. The molecule has 0 atom stereocenters. The Labute approximate surface area is 144 Å². The van der Waals surface area contributed by atoms with Crippen LogP contribution in [-0.4, -0.2) is 35.6 Å². The van der Waals surface area contributed by atoms with Crippen LogP contribution in [-0.2, 0) is 4.79 Å². The highest BCUT2D eigenvalue weighted by Crippen LogP contribution is 2.35. The van der Waals surface area contributed by atoms with E-state index >= 15 is 0 Å². The summed E-state index contributed by atoms with van der Waals surface area (Å²) in [6.45, 7) is 6.92. The van der Waals surface area contributed by atoms with Crippen LogP contribution in [0, 0.1) is 0 Å².